The Morgan fingerprint density at radius 2 is 2.17 bits per heavy atom. The first kappa shape index (κ1) is 8.15. The molecule has 2 unspecified atom stereocenters. The first-order valence-corrected chi connectivity index (χ1v) is 5.25. The number of nitrogens with zero attached hydrogens (tertiary/aromatic N) is 1. The average molecular weight is 165 g/mol. The quantitative estimate of drug-likeness (QED) is 0.577. The van der Waals surface area contributed by atoms with Crippen molar-refractivity contribution in [3.8, 4) is 0 Å². The zero-order valence-corrected chi connectivity index (χ0v) is 8.21. The van der Waals surface area contributed by atoms with Gasteiger partial charge < -0.3 is 4.90 Å². The van der Waals surface area contributed by atoms with Crippen molar-refractivity contribution in [1.82, 2.24) is 4.90 Å². The summed E-state index contributed by atoms with van der Waals surface area (Å²) in [6, 6.07) is 0.855. The number of hydrogen-bond acceptors (Lipinski definition) is 1. The van der Waals surface area contributed by atoms with Crippen molar-refractivity contribution in [3.63, 3.8) is 0 Å². The van der Waals surface area contributed by atoms with Gasteiger partial charge in [0.25, 0.3) is 0 Å². The van der Waals surface area contributed by atoms with Gasteiger partial charge in [-0.05, 0) is 31.0 Å². The van der Waals surface area contributed by atoms with Crippen molar-refractivity contribution in [2.75, 3.05) is 7.05 Å². The molecule has 1 aliphatic heterocycles. The fourth-order valence-electron chi connectivity index (χ4n) is 2.84. The normalized spacial score (nSPS) is 34.8. The minimum atomic E-state index is 0.855. The van der Waals surface area contributed by atoms with Crippen LogP contribution in [0.2, 0.25) is 0 Å². The van der Waals surface area contributed by atoms with Crippen molar-refractivity contribution in [1.29, 1.82) is 0 Å². The lowest BCUT2D eigenvalue weighted by atomic mass is 9.81. The summed E-state index contributed by atoms with van der Waals surface area (Å²) in [5.74, 6) is 0.911. The van der Waals surface area contributed by atoms with Crippen LogP contribution in [0.3, 0.4) is 0 Å². The number of rotatable bonds is 1. The molecule has 0 N–H and O–H groups in total. The van der Waals surface area contributed by atoms with E-state index in [9.17, 15) is 0 Å². The van der Waals surface area contributed by atoms with Gasteiger partial charge in [-0.1, -0.05) is 19.8 Å². The maximum Gasteiger partial charge on any atom is 0.0347 e. The lowest BCUT2D eigenvalue weighted by Crippen LogP contribution is -2.31. The highest BCUT2D eigenvalue weighted by Crippen LogP contribution is 2.39. The fraction of sp³-hybridized carbons (Fsp3) is 0.818. The Labute approximate surface area is 75.4 Å². The van der Waals surface area contributed by atoms with Gasteiger partial charge in [0, 0.05) is 19.0 Å². The molecule has 2 atom stereocenters. The van der Waals surface area contributed by atoms with E-state index in [0.29, 0.717) is 0 Å². The topological polar surface area (TPSA) is 3.24 Å². The molecule has 2 aliphatic rings. The van der Waals surface area contributed by atoms with Crippen LogP contribution in [0.5, 0.6) is 0 Å². The lowest BCUT2D eigenvalue weighted by Gasteiger charge is -2.31. The maximum atomic E-state index is 2.45. The van der Waals surface area contributed by atoms with E-state index in [0.717, 1.165) is 12.0 Å². The van der Waals surface area contributed by atoms with Gasteiger partial charge in [-0.15, -0.1) is 0 Å². The second-order valence-electron chi connectivity index (χ2n) is 4.18. The molecule has 1 heterocycles. The third kappa shape index (κ3) is 1.16. The monoisotopic (exact) mass is 165 g/mol. The van der Waals surface area contributed by atoms with Crippen LogP contribution in [0.15, 0.2) is 11.8 Å². The van der Waals surface area contributed by atoms with E-state index in [1.165, 1.54) is 32.1 Å². The predicted molar refractivity (Wildman–Crippen MR) is 51.9 cm³/mol. The molecule has 12 heavy (non-hydrogen) atoms. The van der Waals surface area contributed by atoms with E-state index in [-0.39, 0.29) is 0 Å². The highest BCUT2D eigenvalue weighted by atomic mass is 15.1. The smallest absolute Gasteiger partial charge is 0.0347 e. The van der Waals surface area contributed by atoms with E-state index in [1.54, 1.807) is 5.57 Å². The van der Waals surface area contributed by atoms with Crippen LogP contribution in [-0.2, 0) is 0 Å². The van der Waals surface area contributed by atoms with Gasteiger partial charge in [-0.3, -0.25) is 0 Å². The molecule has 1 heteroatoms. The van der Waals surface area contributed by atoms with Crippen LogP contribution >= 0.6 is 0 Å². The van der Waals surface area contributed by atoms with Crippen LogP contribution < -0.4 is 0 Å². The molecule has 0 spiro atoms. The van der Waals surface area contributed by atoms with E-state index >= 15 is 0 Å². The second kappa shape index (κ2) is 3.12. The Bertz CT molecular complexity index is 195. The van der Waals surface area contributed by atoms with E-state index in [4.69, 9.17) is 0 Å². The first-order valence-electron chi connectivity index (χ1n) is 5.25. The molecule has 1 aliphatic carbocycles. The van der Waals surface area contributed by atoms with Gasteiger partial charge in [0.15, 0.2) is 0 Å². The second-order valence-corrected chi connectivity index (χ2v) is 4.18. The van der Waals surface area contributed by atoms with Crippen molar-refractivity contribution >= 4 is 0 Å². The molecule has 0 radical (unpaired) electrons. The van der Waals surface area contributed by atoms with Gasteiger partial charge in [0.2, 0.25) is 0 Å². The molecule has 0 amide bonds. The highest BCUT2D eigenvalue weighted by Gasteiger charge is 2.33. The Morgan fingerprint density at radius 1 is 1.42 bits per heavy atom. The summed E-state index contributed by atoms with van der Waals surface area (Å²) in [6.07, 6.45) is 9.39. The molecule has 1 fully saturated rings. The van der Waals surface area contributed by atoms with Crippen molar-refractivity contribution in [3.05, 3.63) is 11.8 Å². The molecule has 0 saturated heterocycles. The largest absolute Gasteiger partial charge is 0.377 e. The molecular formula is C11H19N. The van der Waals surface area contributed by atoms with Crippen LogP contribution in [0.4, 0.5) is 0 Å². The van der Waals surface area contributed by atoms with Crippen LogP contribution in [0.25, 0.3) is 0 Å². The van der Waals surface area contributed by atoms with E-state index in [1.807, 2.05) is 0 Å². The standard InChI is InChI=1S/C11H19N/c1-3-9-8-12(2)11-7-5-4-6-10(9)11/h8,10-11H,3-7H2,1-2H3. The minimum absolute atomic E-state index is 0.855. The van der Waals surface area contributed by atoms with Gasteiger partial charge in [-0.25, -0.2) is 0 Å². The Morgan fingerprint density at radius 3 is 2.92 bits per heavy atom. The molecule has 0 aromatic rings. The van der Waals surface area contributed by atoms with E-state index < -0.39 is 0 Å². The highest BCUT2D eigenvalue weighted by molar-refractivity contribution is 5.17. The summed E-state index contributed by atoms with van der Waals surface area (Å²) >= 11 is 0. The van der Waals surface area contributed by atoms with Crippen molar-refractivity contribution in [2.45, 2.75) is 45.1 Å². The van der Waals surface area contributed by atoms with Gasteiger partial charge >= 0.3 is 0 Å². The minimum Gasteiger partial charge on any atom is -0.377 e. The first-order chi connectivity index (χ1) is 5.83. The Kier molecular flexibility index (Phi) is 2.12. The van der Waals surface area contributed by atoms with Gasteiger partial charge in [-0.2, -0.15) is 0 Å². The summed E-state index contributed by atoms with van der Waals surface area (Å²) in [5, 5.41) is 0. The maximum absolute atomic E-state index is 2.45. The predicted octanol–water partition coefficient (Wildman–Crippen LogP) is 2.78. The van der Waals surface area contributed by atoms with Gasteiger partial charge in [0.1, 0.15) is 0 Å². The number of hydrogen-bond donors (Lipinski definition) is 0. The lowest BCUT2D eigenvalue weighted by molar-refractivity contribution is 0.228. The van der Waals surface area contributed by atoms with Crippen molar-refractivity contribution < 1.29 is 0 Å². The average Bonchev–Trinajstić information content (AvgIpc) is 2.44. The third-order valence-corrected chi connectivity index (χ3v) is 3.51. The molecule has 1 nitrogen and oxygen atoms in total. The Balaban J connectivity index is 2.13. The van der Waals surface area contributed by atoms with E-state index in [2.05, 4.69) is 25.1 Å². The zero-order chi connectivity index (χ0) is 8.55. The summed E-state index contributed by atoms with van der Waals surface area (Å²) in [5.41, 5.74) is 1.70. The summed E-state index contributed by atoms with van der Waals surface area (Å²) in [4.78, 5) is 2.45. The molecular weight excluding hydrogens is 146 g/mol. The molecule has 68 valence electrons. The zero-order valence-electron chi connectivity index (χ0n) is 8.21. The molecule has 0 aromatic carbocycles. The van der Waals surface area contributed by atoms with Gasteiger partial charge in [0.05, 0.1) is 0 Å². The molecule has 1 saturated carbocycles. The number of fused-ring (bicyclic) bond motifs is 1. The van der Waals surface area contributed by atoms with Crippen LogP contribution in [0, 0.1) is 5.92 Å². The molecule has 0 aromatic heterocycles. The summed E-state index contributed by atoms with van der Waals surface area (Å²) in [7, 11) is 2.24. The van der Waals surface area contributed by atoms with Crippen molar-refractivity contribution in [2.24, 2.45) is 5.92 Å². The van der Waals surface area contributed by atoms with Crippen LogP contribution in [-0.4, -0.2) is 18.0 Å². The fourth-order valence-corrected chi connectivity index (χ4v) is 2.84. The molecule has 0 bridgehead atoms. The van der Waals surface area contributed by atoms with Crippen LogP contribution in [0.1, 0.15) is 39.0 Å². The Hall–Kier alpha value is -0.460. The molecule has 2 rings (SSSR count). The SMILES string of the molecule is CCC1=CN(C)C2CCCCC12. The third-order valence-electron chi connectivity index (χ3n) is 3.51. The summed E-state index contributed by atoms with van der Waals surface area (Å²) in [6.45, 7) is 2.29. The summed E-state index contributed by atoms with van der Waals surface area (Å²) < 4.78 is 0.